The summed E-state index contributed by atoms with van der Waals surface area (Å²) in [6.07, 6.45) is 3.95. The minimum absolute atomic E-state index is 0.0570. The molecule has 26 heavy (non-hydrogen) atoms. The van der Waals surface area contributed by atoms with E-state index in [9.17, 15) is 4.79 Å². The van der Waals surface area contributed by atoms with Crippen molar-refractivity contribution in [2.45, 2.75) is 44.2 Å². The number of aromatic nitrogens is 3. The van der Waals surface area contributed by atoms with Crippen molar-refractivity contribution in [3.63, 3.8) is 0 Å². The number of H-pyrrole nitrogens is 1. The largest absolute Gasteiger partial charge is 0.373 e. The maximum absolute atomic E-state index is 12.8. The Balaban J connectivity index is 1.38. The maximum atomic E-state index is 12.8. The van der Waals surface area contributed by atoms with Crippen LogP contribution in [0.3, 0.4) is 0 Å². The number of hydrogen-bond donors (Lipinski definition) is 2. The molecule has 0 spiro atoms. The number of benzene rings is 1. The van der Waals surface area contributed by atoms with Gasteiger partial charge < -0.3 is 14.6 Å². The van der Waals surface area contributed by atoms with Gasteiger partial charge in [0.2, 0.25) is 5.91 Å². The molecule has 7 heteroatoms. The summed E-state index contributed by atoms with van der Waals surface area (Å²) in [5.41, 5.74) is 1.07. The summed E-state index contributed by atoms with van der Waals surface area (Å²) in [7, 11) is 0. The molecule has 0 unspecified atom stereocenters. The average molecular weight is 372 g/mol. The number of nitrogens with one attached hydrogen (secondary N) is 2. The summed E-state index contributed by atoms with van der Waals surface area (Å²) < 4.78 is 8.57. The van der Waals surface area contributed by atoms with Gasteiger partial charge in [0.15, 0.2) is 4.77 Å². The van der Waals surface area contributed by atoms with E-state index in [1.165, 1.54) is 12.8 Å². The minimum atomic E-state index is -0.164. The van der Waals surface area contributed by atoms with Gasteiger partial charge >= 0.3 is 0 Å². The van der Waals surface area contributed by atoms with Crippen molar-refractivity contribution in [1.29, 1.82) is 0 Å². The van der Waals surface area contributed by atoms with Gasteiger partial charge in [-0.1, -0.05) is 30.3 Å². The zero-order valence-corrected chi connectivity index (χ0v) is 15.5. The summed E-state index contributed by atoms with van der Waals surface area (Å²) in [5, 5.41) is 10.3. The first-order valence-corrected chi connectivity index (χ1v) is 9.74. The predicted octanol–water partition coefficient (Wildman–Crippen LogP) is 3.10. The second-order valence-corrected chi connectivity index (χ2v) is 7.44. The molecule has 1 aliphatic heterocycles. The Morgan fingerprint density at radius 1 is 1.31 bits per heavy atom. The van der Waals surface area contributed by atoms with E-state index in [0.717, 1.165) is 24.2 Å². The standard InChI is InChI=1S/C19H24N4O2S/c24-18(15-7-4-12-25-16(15)13-5-2-1-3-6-13)20-10-11-23-17(14-8-9-14)21-22-19(23)26/h1-3,5-6,14-16H,4,7-12H2,(H,20,24)(H,22,26)/t15-,16-/m0/s1. The molecule has 2 fully saturated rings. The van der Waals surface area contributed by atoms with Crippen LogP contribution in [0.2, 0.25) is 0 Å². The lowest BCUT2D eigenvalue weighted by atomic mass is 9.89. The van der Waals surface area contributed by atoms with Gasteiger partial charge in [0, 0.05) is 25.6 Å². The molecule has 138 valence electrons. The average Bonchev–Trinajstić information content (AvgIpc) is 3.46. The van der Waals surface area contributed by atoms with Crippen LogP contribution in [0.25, 0.3) is 0 Å². The van der Waals surface area contributed by atoms with E-state index in [0.29, 0.717) is 30.4 Å². The molecule has 1 saturated carbocycles. The van der Waals surface area contributed by atoms with Crippen LogP contribution in [-0.2, 0) is 16.1 Å². The molecular weight excluding hydrogens is 348 g/mol. The van der Waals surface area contributed by atoms with Crippen molar-refractivity contribution in [1.82, 2.24) is 20.1 Å². The molecule has 1 aromatic carbocycles. The molecule has 1 aromatic heterocycles. The Bertz CT molecular complexity index is 812. The molecule has 6 nitrogen and oxygen atoms in total. The SMILES string of the molecule is O=C(NCCn1c(C2CC2)n[nH]c1=S)[C@H]1CCCO[C@H]1c1ccccc1. The number of rotatable bonds is 6. The van der Waals surface area contributed by atoms with Crippen LogP contribution in [0.15, 0.2) is 30.3 Å². The van der Waals surface area contributed by atoms with Gasteiger partial charge in [-0.25, -0.2) is 0 Å². The Kier molecular flexibility index (Phi) is 5.17. The Labute approximate surface area is 158 Å². The highest BCUT2D eigenvalue weighted by molar-refractivity contribution is 7.71. The van der Waals surface area contributed by atoms with Crippen LogP contribution in [0.4, 0.5) is 0 Å². The first kappa shape index (κ1) is 17.4. The molecule has 1 aliphatic carbocycles. The minimum Gasteiger partial charge on any atom is -0.373 e. The lowest BCUT2D eigenvalue weighted by molar-refractivity contribution is -0.134. The van der Waals surface area contributed by atoms with E-state index in [2.05, 4.69) is 15.5 Å². The van der Waals surface area contributed by atoms with E-state index in [1.54, 1.807) is 0 Å². The molecule has 0 radical (unpaired) electrons. The molecule has 2 atom stereocenters. The van der Waals surface area contributed by atoms with Gasteiger partial charge in [0.05, 0.1) is 12.0 Å². The summed E-state index contributed by atoms with van der Waals surface area (Å²) in [6, 6.07) is 10.0. The van der Waals surface area contributed by atoms with Crippen molar-refractivity contribution in [2.75, 3.05) is 13.2 Å². The molecule has 0 bridgehead atoms. The Morgan fingerprint density at radius 3 is 2.88 bits per heavy atom. The Morgan fingerprint density at radius 2 is 2.12 bits per heavy atom. The van der Waals surface area contributed by atoms with Gasteiger partial charge in [-0.3, -0.25) is 9.89 Å². The second-order valence-electron chi connectivity index (χ2n) is 7.05. The smallest absolute Gasteiger partial charge is 0.226 e. The fourth-order valence-electron chi connectivity index (χ4n) is 3.64. The van der Waals surface area contributed by atoms with E-state index < -0.39 is 0 Å². The summed E-state index contributed by atoms with van der Waals surface area (Å²) in [6.45, 7) is 1.90. The number of aromatic amines is 1. The van der Waals surface area contributed by atoms with Crippen LogP contribution in [0.5, 0.6) is 0 Å². The number of nitrogens with zero attached hydrogens (tertiary/aromatic N) is 2. The fourth-order valence-corrected chi connectivity index (χ4v) is 3.87. The lowest BCUT2D eigenvalue weighted by Crippen LogP contribution is -2.38. The molecule has 4 rings (SSSR count). The molecule has 1 amide bonds. The molecule has 2 aliphatic rings. The number of ether oxygens (including phenoxy) is 1. The third-order valence-corrected chi connectivity index (χ3v) is 5.46. The van der Waals surface area contributed by atoms with E-state index in [-0.39, 0.29) is 17.9 Å². The first-order chi connectivity index (χ1) is 12.7. The highest BCUT2D eigenvalue weighted by Crippen LogP contribution is 2.38. The quantitative estimate of drug-likeness (QED) is 0.765. The van der Waals surface area contributed by atoms with Crippen LogP contribution in [-0.4, -0.2) is 33.8 Å². The summed E-state index contributed by atoms with van der Waals surface area (Å²) >= 11 is 5.32. The number of carbonyl (C=O) groups excluding carboxylic acids is 1. The van der Waals surface area contributed by atoms with Crippen LogP contribution in [0, 0.1) is 10.7 Å². The summed E-state index contributed by atoms with van der Waals surface area (Å²) in [4.78, 5) is 12.8. The van der Waals surface area contributed by atoms with Gasteiger partial charge in [-0.15, -0.1) is 0 Å². The van der Waals surface area contributed by atoms with E-state index in [1.807, 2.05) is 34.9 Å². The molecule has 2 aromatic rings. The summed E-state index contributed by atoms with van der Waals surface area (Å²) in [5.74, 6) is 1.45. The molecule has 2 N–H and O–H groups in total. The third kappa shape index (κ3) is 3.73. The predicted molar refractivity (Wildman–Crippen MR) is 100 cm³/mol. The van der Waals surface area contributed by atoms with Gasteiger partial charge in [0.1, 0.15) is 5.82 Å². The monoisotopic (exact) mass is 372 g/mol. The number of hydrogen-bond acceptors (Lipinski definition) is 4. The topological polar surface area (TPSA) is 71.9 Å². The highest BCUT2D eigenvalue weighted by Gasteiger charge is 2.33. The van der Waals surface area contributed by atoms with Gasteiger partial charge in [0.25, 0.3) is 0 Å². The van der Waals surface area contributed by atoms with E-state index >= 15 is 0 Å². The zero-order valence-electron chi connectivity index (χ0n) is 14.7. The second kappa shape index (κ2) is 7.72. The molecule has 2 heterocycles. The van der Waals surface area contributed by atoms with Crippen LogP contribution < -0.4 is 5.32 Å². The van der Waals surface area contributed by atoms with Crippen molar-refractivity contribution in [3.8, 4) is 0 Å². The fraction of sp³-hybridized carbons (Fsp3) is 0.526. The van der Waals surface area contributed by atoms with E-state index in [4.69, 9.17) is 17.0 Å². The van der Waals surface area contributed by atoms with Crippen LogP contribution in [0.1, 0.15) is 49.1 Å². The van der Waals surface area contributed by atoms with Gasteiger partial charge in [-0.05, 0) is 43.5 Å². The lowest BCUT2D eigenvalue weighted by Gasteiger charge is -2.31. The highest BCUT2D eigenvalue weighted by atomic mass is 32.1. The van der Waals surface area contributed by atoms with Crippen molar-refractivity contribution in [2.24, 2.45) is 5.92 Å². The first-order valence-electron chi connectivity index (χ1n) is 9.33. The van der Waals surface area contributed by atoms with Gasteiger partial charge in [-0.2, -0.15) is 5.10 Å². The molecular formula is C19H24N4O2S. The normalized spacial score (nSPS) is 22.9. The third-order valence-electron chi connectivity index (χ3n) is 5.15. The van der Waals surface area contributed by atoms with Crippen molar-refractivity contribution in [3.05, 3.63) is 46.5 Å². The maximum Gasteiger partial charge on any atom is 0.226 e. The zero-order chi connectivity index (χ0) is 17.9. The Hall–Kier alpha value is -1.99. The van der Waals surface area contributed by atoms with Crippen LogP contribution >= 0.6 is 12.2 Å². The molecule has 1 saturated heterocycles. The van der Waals surface area contributed by atoms with Crippen molar-refractivity contribution >= 4 is 18.1 Å². The number of carbonyl (C=O) groups is 1. The number of amides is 1. The van der Waals surface area contributed by atoms with Crippen molar-refractivity contribution < 1.29 is 9.53 Å².